The van der Waals surface area contributed by atoms with Gasteiger partial charge in [-0.2, -0.15) is 0 Å². The van der Waals surface area contributed by atoms with Crippen LogP contribution in [0.4, 0.5) is 5.69 Å². The zero-order chi connectivity index (χ0) is 16.3. The summed E-state index contributed by atoms with van der Waals surface area (Å²) in [5, 5.41) is 0. The van der Waals surface area contributed by atoms with E-state index in [1.54, 1.807) is 12.0 Å². The molecule has 2 saturated heterocycles. The molecule has 0 aromatic heterocycles. The molecule has 2 amide bonds. The molecule has 0 radical (unpaired) electrons. The third-order valence-corrected chi connectivity index (χ3v) is 4.51. The lowest BCUT2D eigenvalue weighted by molar-refractivity contribution is -0.139. The molecule has 0 aliphatic carbocycles. The number of carbonyl (C=O) groups excluding carboxylic acids is 2. The maximum atomic E-state index is 12.2. The Labute approximate surface area is 136 Å². The van der Waals surface area contributed by atoms with Gasteiger partial charge in [-0.05, 0) is 18.6 Å². The highest BCUT2D eigenvalue weighted by molar-refractivity contribution is 5.95. The van der Waals surface area contributed by atoms with E-state index in [0.717, 1.165) is 12.1 Å². The van der Waals surface area contributed by atoms with Crippen LogP contribution in [0.3, 0.4) is 0 Å². The molecule has 0 saturated carbocycles. The summed E-state index contributed by atoms with van der Waals surface area (Å²) in [6, 6.07) is 9.61. The van der Waals surface area contributed by atoms with Crippen LogP contribution < -0.4 is 4.90 Å². The summed E-state index contributed by atoms with van der Waals surface area (Å²) in [6.45, 7) is 2.18. The molecule has 6 heteroatoms. The molecule has 23 heavy (non-hydrogen) atoms. The summed E-state index contributed by atoms with van der Waals surface area (Å²) in [5.74, 6) is 0.0430. The summed E-state index contributed by atoms with van der Waals surface area (Å²) < 4.78 is 10.8. The van der Waals surface area contributed by atoms with Gasteiger partial charge in [-0.3, -0.25) is 9.59 Å². The first-order valence-corrected chi connectivity index (χ1v) is 7.90. The average Bonchev–Trinajstić information content (AvgIpc) is 3.00. The van der Waals surface area contributed by atoms with E-state index in [0.29, 0.717) is 32.7 Å². The molecule has 1 unspecified atom stereocenters. The third kappa shape index (κ3) is 3.38. The molecule has 124 valence electrons. The van der Waals surface area contributed by atoms with Gasteiger partial charge >= 0.3 is 0 Å². The highest BCUT2D eigenvalue weighted by Gasteiger charge is 2.46. The Morgan fingerprint density at radius 2 is 2.09 bits per heavy atom. The van der Waals surface area contributed by atoms with Crippen molar-refractivity contribution in [3.05, 3.63) is 30.3 Å². The van der Waals surface area contributed by atoms with Crippen molar-refractivity contribution in [3.63, 3.8) is 0 Å². The smallest absolute Gasteiger partial charge is 0.253 e. The van der Waals surface area contributed by atoms with Crippen LogP contribution >= 0.6 is 0 Å². The number of hydrogen-bond acceptors (Lipinski definition) is 4. The molecule has 2 aliphatic rings. The van der Waals surface area contributed by atoms with Crippen LogP contribution in [0, 0.1) is 0 Å². The van der Waals surface area contributed by atoms with Crippen molar-refractivity contribution in [2.24, 2.45) is 0 Å². The Morgan fingerprint density at radius 1 is 1.30 bits per heavy atom. The summed E-state index contributed by atoms with van der Waals surface area (Å²) in [7, 11) is 1.59. The number of amides is 2. The van der Waals surface area contributed by atoms with E-state index in [1.807, 2.05) is 35.2 Å². The Hall–Kier alpha value is -1.92. The Bertz CT molecular complexity index is 577. The minimum absolute atomic E-state index is 0.0361. The lowest BCUT2D eigenvalue weighted by Gasteiger charge is -2.40. The second-order valence-corrected chi connectivity index (χ2v) is 6.10. The first-order valence-electron chi connectivity index (χ1n) is 7.90. The topological polar surface area (TPSA) is 59.1 Å². The number of methoxy groups -OCH3 is 1. The number of likely N-dealkylation sites (tertiary alicyclic amines) is 1. The highest BCUT2D eigenvalue weighted by Crippen LogP contribution is 2.32. The van der Waals surface area contributed by atoms with Gasteiger partial charge in [0, 0.05) is 19.3 Å². The van der Waals surface area contributed by atoms with Gasteiger partial charge in [-0.1, -0.05) is 18.2 Å². The van der Waals surface area contributed by atoms with E-state index in [4.69, 9.17) is 9.47 Å². The van der Waals surface area contributed by atoms with Crippen LogP contribution in [0.25, 0.3) is 0 Å². The number of carbonyl (C=O) groups is 2. The van der Waals surface area contributed by atoms with Crippen molar-refractivity contribution in [2.45, 2.75) is 18.4 Å². The van der Waals surface area contributed by atoms with Crippen LogP contribution in [0.15, 0.2) is 30.3 Å². The number of anilines is 1. The lowest BCUT2D eigenvalue weighted by Crippen LogP contribution is -2.56. The largest absolute Gasteiger partial charge is 0.384 e. The number of benzene rings is 1. The minimum atomic E-state index is -0.452. The summed E-state index contributed by atoms with van der Waals surface area (Å²) >= 11 is 0. The first-order chi connectivity index (χ1) is 11.1. The fourth-order valence-electron chi connectivity index (χ4n) is 3.21. The highest BCUT2D eigenvalue weighted by atomic mass is 16.5. The van der Waals surface area contributed by atoms with Crippen molar-refractivity contribution in [3.8, 4) is 0 Å². The molecule has 2 aliphatic heterocycles. The van der Waals surface area contributed by atoms with Gasteiger partial charge in [-0.15, -0.1) is 0 Å². The molecule has 6 nitrogen and oxygen atoms in total. The maximum Gasteiger partial charge on any atom is 0.253 e. The molecule has 1 aromatic carbocycles. The van der Waals surface area contributed by atoms with Crippen molar-refractivity contribution >= 4 is 17.5 Å². The van der Waals surface area contributed by atoms with Crippen molar-refractivity contribution in [2.75, 3.05) is 44.9 Å². The number of ether oxygens (including phenoxy) is 2. The van der Waals surface area contributed by atoms with Crippen molar-refractivity contribution < 1.29 is 19.1 Å². The molecule has 3 rings (SSSR count). The Balaban J connectivity index is 1.69. The molecule has 2 heterocycles. The van der Waals surface area contributed by atoms with Gasteiger partial charge in [0.05, 0.1) is 26.1 Å². The third-order valence-electron chi connectivity index (χ3n) is 4.51. The van der Waals surface area contributed by atoms with E-state index in [2.05, 4.69) is 0 Å². The summed E-state index contributed by atoms with van der Waals surface area (Å²) in [4.78, 5) is 27.9. The maximum absolute atomic E-state index is 12.2. The summed E-state index contributed by atoms with van der Waals surface area (Å²) in [5.41, 5.74) is 0.427. The molecule has 0 bridgehead atoms. The number of rotatable bonds is 4. The Kier molecular flexibility index (Phi) is 4.63. The van der Waals surface area contributed by atoms with Crippen molar-refractivity contribution in [1.82, 2.24) is 4.90 Å². The van der Waals surface area contributed by atoms with E-state index < -0.39 is 5.60 Å². The van der Waals surface area contributed by atoms with Gasteiger partial charge in [0.2, 0.25) is 5.91 Å². The van der Waals surface area contributed by atoms with Gasteiger partial charge in [0.1, 0.15) is 12.2 Å². The second-order valence-electron chi connectivity index (χ2n) is 6.10. The van der Waals surface area contributed by atoms with E-state index >= 15 is 0 Å². The van der Waals surface area contributed by atoms with Crippen LogP contribution in [0.5, 0.6) is 0 Å². The molecule has 1 spiro atoms. The minimum Gasteiger partial charge on any atom is -0.384 e. The fraction of sp³-hybridized carbons (Fsp3) is 0.529. The standard InChI is InChI=1S/C17H22N2O4/c1-22-10-7-15(20)18-9-8-17(12-18)13-19(16(21)11-23-17)14-5-3-2-4-6-14/h2-6H,7-13H2,1H3. The Morgan fingerprint density at radius 3 is 2.83 bits per heavy atom. The van der Waals surface area contributed by atoms with Crippen LogP contribution in [-0.4, -0.2) is 62.3 Å². The average molecular weight is 318 g/mol. The quantitative estimate of drug-likeness (QED) is 0.833. The molecule has 1 aromatic rings. The van der Waals surface area contributed by atoms with Crippen molar-refractivity contribution in [1.29, 1.82) is 0 Å². The molecule has 0 N–H and O–H groups in total. The lowest BCUT2D eigenvalue weighted by atomic mass is 10.00. The summed E-state index contributed by atoms with van der Waals surface area (Å²) in [6.07, 6.45) is 1.14. The van der Waals surface area contributed by atoms with Gasteiger partial charge < -0.3 is 19.3 Å². The van der Waals surface area contributed by atoms with Crippen LogP contribution in [0.1, 0.15) is 12.8 Å². The molecular weight excluding hydrogens is 296 g/mol. The van der Waals surface area contributed by atoms with Gasteiger partial charge in [0.15, 0.2) is 0 Å². The van der Waals surface area contributed by atoms with Gasteiger partial charge in [-0.25, -0.2) is 0 Å². The number of hydrogen-bond donors (Lipinski definition) is 0. The zero-order valence-electron chi connectivity index (χ0n) is 13.4. The van der Waals surface area contributed by atoms with E-state index in [-0.39, 0.29) is 18.4 Å². The predicted molar refractivity (Wildman–Crippen MR) is 85.2 cm³/mol. The van der Waals surface area contributed by atoms with Crippen LogP contribution in [0.2, 0.25) is 0 Å². The zero-order valence-corrected chi connectivity index (χ0v) is 13.4. The SMILES string of the molecule is COCCC(=O)N1CCC2(C1)CN(c1ccccc1)C(=O)CO2. The number of morpholine rings is 1. The van der Waals surface area contributed by atoms with E-state index in [9.17, 15) is 9.59 Å². The normalized spacial score (nSPS) is 24.5. The van der Waals surface area contributed by atoms with E-state index in [1.165, 1.54) is 0 Å². The fourth-order valence-corrected chi connectivity index (χ4v) is 3.21. The predicted octanol–water partition coefficient (Wildman–Crippen LogP) is 1.06. The van der Waals surface area contributed by atoms with Crippen LogP contribution in [-0.2, 0) is 19.1 Å². The monoisotopic (exact) mass is 318 g/mol. The second kappa shape index (κ2) is 6.68. The molecule has 2 fully saturated rings. The molecular formula is C17H22N2O4. The van der Waals surface area contributed by atoms with Gasteiger partial charge in [0.25, 0.3) is 5.91 Å². The molecule has 1 atom stereocenters. The first kappa shape index (κ1) is 16.0. The number of nitrogens with zero attached hydrogens (tertiary/aromatic N) is 2. The number of para-hydroxylation sites is 1.